The van der Waals surface area contributed by atoms with Crippen LogP contribution in [0.2, 0.25) is 0 Å². The molecule has 4 nitrogen and oxygen atoms in total. The van der Waals surface area contributed by atoms with E-state index in [9.17, 15) is 14.1 Å². The molecule has 3 rings (SSSR count). The summed E-state index contributed by atoms with van der Waals surface area (Å²) in [7, 11) is -0.654. The van der Waals surface area contributed by atoms with Crippen LogP contribution in [0.3, 0.4) is 0 Å². The Kier molecular flexibility index (Phi) is 3.51. The van der Waals surface area contributed by atoms with Crippen LogP contribution in [0.5, 0.6) is 0 Å². The first-order chi connectivity index (χ1) is 8.56. The molecular weight excluding hydrogens is 290 g/mol. The second-order valence-electron chi connectivity index (χ2n) is 4.81. The number of carbonyl (C=O) groups excluding carboxylic acids is 1. The molecule has 3 unspecified atom stereocenters. The van der Waals surface area contributed by atoms with Gasteiger partial charge in [0, 0.05) is 33.8 Å². The Morgan fingerprint density at radius 2 is 2.44 bits per heavy atom. The number of nitrogens with zero attached hydrogens (tertiary/aromatic N) is 1. The minimum Gasteiger partial charge on any atom is -0.392 e. The first-order valence-corrected chi connectivity index (χ1v) is 9.21. The molecule has 18 heavy (non-hydrogen) atoms. The van der Waals surface area contributed by atoms with Gasteiger partial charge in [-0.1, -0.05) is 11.8 Å². The van der Waals surface area contributed by atoms with Gasteiger partial charge in [0.05, 0.1) is 16.3 Å². The third-order valence-electron chi connectivity index (χ3n) is 3.44. The van der Waals surface area contributed by atoms with E-state index in [0.717, 1.165) is 22.2 Å². The first-order valence-electron chi connectivity index (χ1n) is 5.96. The van der Waals surface area contributed by atoms with Gasteiger partial charge in [-0.05, 0) is 13.3 Å². The summed E-state index contributed by atoms with van der Waals surface area (Å²) in [5, 5.41) is 10.1. The molecule has 0 aromatic rings. The van der Waals surface area contributed by atoms with E-state index in [4.69, 9.17) is 0 Å². The van der Waals surface area contributed by atoms with E-state index in [1.54, 1.807) is 35.3 Å². The number of fused-ring (bicyclic) bond motifs is 1. The Morgan fingerprint density at radius 1 is 1.67 bits per heavy atom. The summed E-state index contributed by atoms with van der Waals surface area (Å²) in [6.45, 7) is 1.67. The van der Waals surface area contributed by atoms with Crippen molar-refractivity contribution in [1.29, 1.82) is 0 Å². The first kappa shape index (κ1) is 13.0. The maximum atomic E-state index is 11.8. The van der Waals surface area contributed by atoms with Crippen molar-refractivity contribution in [2.75, 3.05) is 11.5 Å². The molecular formula is C11H15NO3S3. The van der Waals surface area contributed by atoms with E-state index in [0.29, 0.717) is 5.25 Å². The standard InChI is InChI=1S/C11H15NO3S3/c1-6(13)9-10(14)12-4-8(17-11(9)12)16-7-2-3-18(15)5-7/h4,6-7,9,11,13H,2-3,5H2,1H3/t6?,7?,9-,11+,18?/m0/s1. The van der Waals surface area contributed by atoms with Crippen molar-refractivity contribution in [2.24, 2.45) is 5.92 Å². The molecule has 3 aliphatic rings. The van der Waals surface area contributed by atoms with Crippen molar-refractivity contribution in [3.8, 4) is 0 Å². The molecule has 100 valence electrons. The molecule has 1 N–H and O–H groups in total. The Balaban J connectivity index is 1.61. The summed E-state index contributed by atoms with van der Waals surface area (Å²) < 4.78 is 12.5. The third kappa shape index (κ3) is 2.15. The monoisotopic (exact) mass is 305 g/mol. The van der Waals surface area contributed by atoms with Crippen molar-refractivity contribution in [3.63, 3.8) is 0 Å². The van der Waals surface area contributed by atoms with Crippen LogP contribution in [0.15, 0.2) is 10.4 Å². The lowest BCUT2D eigenvalue weighted by Gasteiger charge is -2.42. The van der Waals surface area contributed by atoms with Crippen molar-refractivity contribution < 1.29 is 14.1 Å². The number of aliphatic hydroxyl groups excluding tert-OH is 1. The Bertz CT molecular complexity index is 437. The van der Waals surface area contributed by atoms with E-state index in [2.05, 4.69) is 0 Å². The van der Waals surface area contributed by atoms with Gasteiger partial charge in [-0.25, -0.2) is 0 Å². The van der Waals surface area contributed by atoms with Crippen LogP contribution in [0.4, 0.5) is 0 Å². The SMILES string of the molecule is CC(O)[C@H]1C(=O)N2C=C(SC3CCS(=O)C3)S[C@H]12. The van der Waals surface area contributed by atoms with E-state index in [-0.39, 0.29) is 17.2 Å². The molecule has 2 fully saturated rings. The van der Waals surface area contributed by atoms with E-state index in [1.807, 2.05) is 6.20 Å². The molecule has 3 heterocycles. The van der Waals surface area contributed by atoms with E-state index < -0.39 is 16.9 Å². The zero-order valence-electron chi connectivity index (χ0n) is 9.94. The lowest BCUT2D eigenvalue weighted by molar-refractivity contribution is -0.151. The van der Waals surface area contributed by atoms with E-state index >= 15 is 0 Å². The average molecular weight is 305 g/mol. The average Bonchev–Trinajstić information content (AvgIpc) is 2.84. The predicted molar refractivity (Wildman–Crippen MR) is 75.4 cm³/mol. The molecule has 5 atom stereocenters. The minimum absolute atomic E-state index is 0.0214. The molecule has 7 heteroatoms. The number of β-lactam (4-membered cyclic amide) rings is 1. The van der Waals surface area contributed by atoms with Gasteiger partial charge in [-0.3, -0.25) is 9.00 Å². The topological polar surface area (TPSA) is 57.6 Å². The summed E-state index contributed by atoms with van der Waals surface area (Å²) in [4.78, 5) is 13.5. The van der Waals surface area contributed by atoms with Gasteiger partial charge in [0.2, 0.25) is 5.91 Å². The van der Waals surface area contributed by atoms with Crippen LogP contribution < -0.4 is 0 Å². The molecule has 0 aromatic carbocycles. The largest absolute Gasteiger partial charge is 0.392 e. The molecule has 0 radical (unpaired) electrons. The summed E-state index contributed by atoms with van der Waals surface area (Å²) in [5.41, 5.74) is 0. The lowest BCUT2D eigenvalue weighted by atomic mass is 9.93. The van der Waals surface area contributed by atoms with Crippen LogP contribution in [0.1, 0.15) is 13.3 Å². The van der Waals surface area contributed by atoms with Crippen molar-refractivity contribution >= 4 is 40.2 Å². The van der Waals surface area contributed by atoms with Crippen molar-refractivity contribution in [2.45, 2.75) is 30.1 Å². The maximum absolute atomic E-state index is 11.8. The fourth-order valence-corrected chi connectivity index (χ4v) is 7.46. The Hall–Kier alpha value is 0.0200. The summed E-state index contributed by atoms with van der Waals surface area (Å²) in [6, 6.07) is 0. The summed E-state index contributed by atoms with van der Waals surface area (Å²) in [6.07, 6.45) is 2.30. The normalized spacial score (nSPS) is 40.4. The van der Waals surface area contributed by atoms with Crippen LogP contribution in [0.25, 0.3) is 0 Å². The highest BCUT2D eigenvalue weighted by Crippen LogP contribution is 2.51. The quantitative estimate of drug-likeness (QED) is 0.787. The summed E-state index contributed by atoms with van der Waals surface area (Å²) >= 11 is 3.40. The van der Waals surface area contributed by atoms with Crippen molar-refractivity contribution in [3.05, 3.63) is 10.4 Å². The van der Waals surface area contributed by atoms with Gasteiger partial charge >= 0.3 is 0 Å². The molecule has 0 aliphatic carbocycles. The number of aliphatic hydroxyl groups is 1. The predicted octanol–water partition coefficient (Wildman–Crippen LogP) is 0.952. The van der Waals surface area contributed by atoms with Gasteiger partial charge in [-0.15, -0.1) is 11.8 Å². The number of carbonyl (C=O) groups is 1. The van der Waals surface area contributed by atoms with Gasteiger partial charge < -0.3 is 10.0 Å². The van der Waals surface area contributed by atoms with Crippen molar-refractivity contribution in [1.82, 2.24) is 4.90 Å². The molecule has 0 saturated carbocycles. The smallest absolute Gasteiger partial charge is 0.236 e. The number of hydrogen-bond acceptors (Lipinski definition) is 5. The Morgan fingerprint density at radius 3 is 3.06 bits per heavy atom. The van der Waals surface area contributed by atoms with Gasteiger partial charge in [-0.2, -0.15) is 0 Å². The molecule has 1 amide bonds. The maximum Gasteiger partial charge on any atom is 0.236 e. The molecule has 2 saturated heterocycles. The second kappa shape index (κ2) is 4.85. The van der Waals surface area contributed by atoms with Crippen LogP contribution in [-0.2, 0) is 15.6 Å². The highest BCUT2D eigenvalue weighted by Gasteiger charge is 2.52. The van der Waals surface area contributed by atoms with Crippen LogP contribution in [0, 0.1) is 5.92 Å². The third-order valence-corrected chi connectivity index (χ3v) is 7.87. The van der Waals surface area contributed by atoms with Gasteiger partial charge in [0.25, 0.3) is 0 Å². The zero-order chi connectivity index (χ0) is 12.9. The molecule has 3 aliphatic heterocycles. The number of amides is 1. The highest BCUT2D eigenvalue weighted by atomic mass is 32.2. The minimum atomic E-state index is -0.654. The fourth-order valence-electron chi connectivity index (χ4n) is 2.44. The van der Waals surface area contributed by atoms with Gasteiger partial charge in [0.15, 0.2) is 0 Å². The molecule has 0 aromatic heterocycles. The number of thioether (sulfide) groups is 2. The highest BCUT2D eigenvalue weighted by molar-refractivity contribution is 8.23. The summed E-state index contributed by atoms with van der Waals surface area (Å²) in [5.74, 6) is 1.33. The lowest BCUT2D eigenvalue weighted by Crippen LogP contribution is -2.58. The second-order valence-corrected chi connectivity index (χ2v) is 9.19. The van der Waals surface area contributed by atoms with Crippen LogP contribution >= 0.6 is 23.5 Å². The number of rotatable bonds is 3. The molecule has 0 spiro atoms. The number of hydrogen-bond donors (Lipinski definition) is 1. The Labute approximate surface area is 117 Å². The van der Waals surface area contributed by atoms with Gasteiger partial charge in [0.1, 0.15) is 5.37 Å². The van der Waals surface area contributed by atoms with E-state index in [1.165, 1.54) is 0 Å². The zero-order valence-corrected chi connectivity index (χ0v) is 12.4. The fraction of sp³-hybridized carbons (Fsp3) is 0.727. The molecule has 0 bridgehead atoms. The van der Waals surface area contributed by atoms with Crippen LogP contribution in [-0.4, -0.2) is 48.4 Å².